The molecule has 30 heavy (non-hydrogen) atoms. The van der Waals surface area contributed by atoms with Crippen LogP contribution in [0.5, 0.6) is 0 Å². The molecular weight excluding hydrogens is 380 g/mol. The van der Waals surface area contributed by atoms with Gasteiger partial charge in [0.15, 0.2) is 0 Å². The van der Waals surface area contributed by atoms with Crippen LogP contribution >= 0.6 is 0 Å². The van der Waals surface area contributed by atoms with Crippen LogP contribution in [0.25, 0.3) is 16.7 Å². The van der Waals surface area contributed by atoms with E-state index in [2.05, 4.69) is 29.6 Å². The van der Waals surface area contributed by atoms with Crippen molar-refractivity contribution in [2.75, 3.05) is 6.54 Å². The van der Waals surface area contributed by atoms with E-state index in [9.17, 15) is 14.9 Å². The van der Waals surface area contributed by atoms with Crippen molar-refractivity contribution in [3.63, 3.8) is 0 Å². The van der Waals surface area contributed by atoms with Gasteiger partial charge in [-0.1, -0.05) is 62.4 Å². The standard InChI is InChI=1S/C24H28N2O4/c1-4-17(5-2)30-24(23(15-26(28)29)25-16(3)27)14-22-20-12-8-6-10-18(20)19-11-7-9-13-21(19)22/h6-14,17,23-24H,4-5,15H2,1-3H3,(H,25,27). The number of amides is 1. The van der Waals surface area contributed by atoms with Crippen LogP contribution in [-0.2, 0) is 9.53 Å². The second-order valence-electron chi connectivity index (χ2n) is 7.53. The molecule has 1 aliphatic rings. The molecule has 1 aliphatic carbocycles. The molecule has 6 nitrogen and oxygen atoms in total. The van der Waals surface area contributed by atoms with Crippen LogP contribution in [0.3, 0.4) is 0 Å². The molecule has 2 aromatic rings. The molecule has 0 aliphatic heterocycles. The SMILES string of the molecule is CCC(CC)OC(C=C1c2ccccc2-c2ccccc21)C(C[N+](=O)[O-])NC(C)=O. The summed E-state index contributed by atoms with van der Waals surface area (Å²) in [6, 6.07) is 15.5. The van der Waals surface area contributed by atoms with E-state index in [4.69, 9.17) is 4.74 Å². The lowest BCUT2D eigenvalue weighted by Crippen LogP contribution is -2.48. The first-order valence-corrected chi connectivity index (χ1v) is 10.4. The molecule has 0 heterocycles. The molecule has 6 heteroatoms. The molecule has 0 bridgehead atoms. The number of carbonyl (C=O) groups is 1. The second-order valence-corrected chi connectivity index (χ2v) is 7.53. The maximum atomic E-state index is 11.8. The molecular formula is C24H28N2O4. The predicted molar refractivity (Wildman–Crippen MR) is 118 cm³/mol. The number of nitrogens with zero attached hydrogens (tertiary/aromatic N) is 1. The zero-order valence-corrected chi connectivity index (χ0v) is 17.6. The van der Waals surface area contributed by atoms with Gasteiger partial charge in [-0.25, -0.2) is 0 Å². The summed E-state index contributed by atoms with van der Waals surface area (Å²) in [4.78, 5) is 22.7. The molecule has 158 valence electrons. The fourth-order valence-electron chi connectivity index (χ4n) is 4.00. The van der Waals surface area contributed by atoms with E-state index in [0.717, 1.165) is 40.7 Å². The van der Waals surface area contributed by atoms with Crippen molar-refractivity contribution in [2.45, 2.75) is 51.9 Å². The quantitative estimate of drug-likeness (QED) is 0.419. The topological polar surface area (TPSA) is 81.5 Å². The summed E-state index contributed by atoms with van der Waals surface area (Å²) in [6.45, 7) is 5.02. The van der Waals surface area contributed by atoms with Gasteiger partial charge in [-0.2, -0.15) is 0 Å². The van der Waals surface area contributed by atoms with Gasteiger partial charge in [0, 0.05) is 11.8 Å². The zero-order chi connectivity index (χ0) is 21.7. The minimum Gasteiger partial charge on any atom is -0.368 e. The van der Waals surface area contributed by atoms with Gasteiger partial charge in [-0.3, -0.25) is 14.9 Å². The van der Waals surface area contributed by atoms with Crippen molar-refractivity contribution in [3.8, 4) is 11.1 Å². The lowest BCUT2D eigenvalue weighted by Gasteiger charge is -2.27. The van der Waals surface area contributed by atoms with E-state index in [0.29, 0.717) is 0 Å². The summed E-state index contributed by atoms with van der Waals surface area (Å²) in [7, 11) is 0. The summed E-state index contributed by atoms with van der Waals surface area (Å²) in [5.74, 6) is -0.314. The highest BCUT2D eigenvalue weighted by Gasteiger charge is 2.31. The van der Waals surface area contributed by atoms with E-state index < -0.39 is 23.6 Å². The van der Waals surface area contributed by atoms with Crippen LogP contribution in [0, 0.1) is 10.1 Å². The number of nitro groups is 1. The summed E-state index contributed by atoms with van der Waals surface area (Å²) in [6.07, 6.45) is 2.84. The van der Waals surface area contributed by atoms with Crippen molar-refractivity contribution in [3.05, 3.63) is 75.8 Å². The number of ether oxygens (including phenoxy) is 1. The van der Waals surface area contributed by atoms with E-state index in [1.54, 1.807) is 0 Å². The maximum Gasteiger partial charge on any atom is 0.226 e. The Morgan fingerprint density at radius 3 is 1.97 bits per heavy atom. The van der Waals surface area contributed by atoms with Gasteiger partial charge < -0.3 is 10.1 Å². The molecule has 0 radical (unpaired) electrons. The molecule has 2 atom stereocenters. The van der Waals surface area contributed by atoms with Crippen molar-refractivity contribution in [2.24, 2.45) is 0 Å². The van der Waals surface area contributed by atoms with E-state index in [-0.39, 0.29) is 12.0 Å². The number of fused-ring (bicyclic) bond motifs is 3. The Labute approximate surface area is 177 Å². The average molecular weight is 408 g/mol. The minimum absolute atomic E-state index is 0.0539. The Bertz CT molecular complexity index is 886. The highest BCUT2D eigenvalue weighted by Crippen LogP contribution is 2.44. The zero-order valence-electron chi connectivity index (χ0n) is 17.6. The van der Waals surface area contributed by atoms with Gasteiger partial charge in [0.25, 0.3) is 0 Å². The monoisotopic (exact) mass is 408 g/mol. The summed E-state index contributed by atoms with van der Waals surface area (Å²) < 4.78 is 6.31. The molecule has 0 saturated heterocycles. The van der Waals surface area contributed by atoms with Crippen molar-refractivity contribution >= 4 is 11.5 Å². The molecule has 0 saturated carbocycles. The third-order valence-electron chi connectivity index (χ3n) is 5.45. The summed E-state index contributed by atoms with van der Waals surface area (Å²) in [5.41, 5.74) is 5.38. The molecule has 2 unspecified atom stereocenters. The van der Waals surface area contributed by atoms with Crippen LogP contribution < -0.4 is 5.32 Å². The van der Waals surface area contributed by atoms with Crippen LogP contribution in [-0.4, -0.2) is 35.6 Å². The lowest BCUT2D eigenvalue weighted by atomic mass is 9.99. The Kier molecular flexibility index (Phi) is 7.00. The van der Waals surface area contributed by atoms with Crippen LogP contribution in [0.1, 0.15) is 44.7 Å². The maximum absolute atomic E-state index is 11.8. The van der Waals surface area contributed by atoms with Gasteiger partial charge in [-0.15, -0.1) is 0 Å². The number of rotatable bonds is 9. The van der Waals surface area contributed by atoms with E-state index >= 15 is 0 Å². The highest BCUT2D eigenvalue weighted by atomic mass is 16.6. The summed E-state index contributed by atoms with van der Waals surface area (Å²) in [5, 5.41) is 14.1. The van der Waals surface area contributed by atoms with Crippen LogP contribution in [0.15, 0.2) is 54.6 Å². The van der Waals surface area contributed by atoms with Crippen molar-refractivity contribution < 1.29 is 14.5 Å². The first-order valence-electron chi connectivity index (χ1n) is 10.4. The third kappa shape index (κ3) is 4.76. The van der Waals surface area contributed by atoms with Crippen LogP contribution in [0.2, 0.25) is 0 Å². The Balaban J connectivity index is 2.10. The number of hydrogen-bond acceptors (Lipinski definition) is 4. The molecule has 0 spiro atoms. The average Bonchev–Trinajstić information content (AvgIpc) is 3.04. The lowest BCUT2D eigenvalue weighted by molar-refractivity contribution is -0.485. The minimum atomic E-state index is -0.759. The van der Waals surface area contributed by atoms with Gasteiger partial charge >= 0.3 is 0 Å². The molecule has 0 fully saturated rings. The molecule has 1 N–H and O–H groups in total. The third-order valence-corrected chi connectivity index (χ3v) is 5.45. The number of carbonyl (C=O) groups excluding carboxylic acids is 1. The molecule has 2 aromatic carbocycles. The number of nitrogens with one attached hydrogen (secondary N) is 1. The fourth-order valence-corrected chi connectivity index (χ4v) is 4.00. The van der Waals surface area contributed by atoms with E-state index in [1.807, 2.05) is 44.2 Å². The van der Waals surface area contributed by atoms with Gasteiger partial charge in [0.2, 0.25) is 12.5 Å². The molecule has 0 aromatic heterocycles. The summed E-state index contributed by atoms with van der Waals surface area (Å²) >= 11 is 0. The van der Waals surface area contributed by atoms with E-state index in [1.165, 1.54) is 6.92 Å². The van der Waals surface area contributed by atoms with Gasteiger partial charge in [0.1, 0.15) is 12.1 Å². The largest absolute Gasteiger partial charge is 0.368 e. The fraction of sp³-hybridized carbons (Fsp3) is 0.375. The Morgan fingerprint density at radius 1 is 1.03 bits per heavy atom. The van der Waals surface area contributed by atoms with Crippen molar-refractivity contribution in [1.29, 1.82) is 0 Å². The molecule has 1 amide bonds. The first-order chi connectivity index (χ1) is 14.4. The second kappa shape index (κ2) is 9.67. The highest BCUT2D eigenvalue weighted by molar-refractivity contribution is 6.01. The number of benzene rings is 2. The normalized spacial score (nSPS) is 14.1. The van der Waals surface area contributed by atoms with Crippen LogP contribution in [0.4, 0.5) is 0 Å². The first kappa shape index (κ1) is 21.7. The number of hydrogen-bond donors (Lipinski definition) is 1. The van der Waals surface area contributed by atoms with Crippen molar-refractivity contribution in [1.82, 2.24) is 5.32 Å². The van der Waals surface area contributed by atoms with Gasteiger partial charge in [0.05, 0.1) is 6.10 Å². The Hall–Kier alpha value is -2.99. The Morgan fingerprint density at radius 2 is 1.53 bits per heavy atom. The predicted octanol–water partition coefficient (Wildman–Crippen LogP) is 4.45. The smallest absolute Gasteiger partial charge is 0.226 e. The molecule has 3 rings (SSSR count). The van der Waals surface area contributed by atoms with Gasteiger partial charge in [-0.05, 0) is 46.7 Å².